The normalized spacial score (nSPS) is 12.1. The third-order valence-corrected chi connectivity index (χ3v) is 12.1. The molecule has 0 saturated carbocycles. The van der Waals surface area contributed by atoms with E-state index >= 15 is 0 Å². The minimum Gasteiger partial charge on any atom is -0.455 e. The number of fused-ring (bicyclic) bond motifs is 13. The molecule has 0 amide bonds. The maximum absolute atomic E-state index is 6.80. The molecule has 59 heavy (non-hydrogen) atoms. The van der Waals surface area contributed by atoms with E-state index in [9.17, 15) is 0 Å². The minimum atomic E-state index is 0.609. The molecule has 0 unspecified atom stereocenters. The second-order valence-electron chi connectivity index (χ2n) is 15.3. The molecule has 0 aliphatic carbocycles. The highest BCUT2D eigenvalue weighted by atomic mass is 16.3. The Morgan fingerprint density at radius 2 is 1.10 bits per heavy atom. The van der Waals surface area contributed by atoms with Crippen LogP contribution in [0.15, 0.2) is 199 Å². The average Bonchev–Trinajstić information content (AvgIpc) is 3.96. The van der Waals surface area contributed by atoms with Crippen LogP contribution >= 0.6 is 0 Å². The van der Waals surface area contributed by atoms with Crippen molar-refractivity contribution in [3.63, 3.8) is 0 Å². The Hall–Kier alpha value is -8.02. The maximum atomic E-state index is 6.80. The van der Waals surface area contributed by atoms with Crippen molar-refractivity contribution in [1.29, 1.82) is 0 Å². The molecule has 5 heteroatoms. The molecule has 0 aliphatic heterocycles. The third-order valence-electron chi connectivity index (χ3n) is 12.1. The van der Waals surface area contributed by atoms with E-state index in [-0.39, 0.29) is 0 Å². The van der Waals surface area contributed by atoms with Crippen molar-refractivity contribution in [3.8, 4) is 34.0 Å². The fourth-order valence-electron chi connectivity index (χ4n) is 9.48. The smallest absolute Gasteiger partial charge is 0.235 e. The van der Waals surface area contributed by atoms with Crippen molar-refractivity contribution in [2.75, 3.05) is 0 Å². The average molecular weight is 753 g/mol. The van der Waals surface area contributed by atoms with E-state index in [0.717, 1.165) is 93.4 Å². The van der Waals surface area contributed by atoms with E-state index < -0.39 is 0 Å². The van der Waals surface area contributed by atoms with Gasteiger partial charge in [-0.2, -0.15) is 0 Å². The van der Waals surface area contributed by atoms with E-state index in [0.29, 0.717) is 5.95 Å². The Morgan fingerprint density at radius 3 is 2.00 bits per heavy atom. The summed E-state index contributed by atoms with van der Waals surface area (Å²) in [6, 6.07) is 68.9. The van der Waals surface area contributed by atoms with Gasteiger partial charge in [0.05, 0.1) is 38.7 Å². The van der Waals surface area contributed by atoms with Crippen LogP contribution in [0.3, 0.4) is 0 Å². The molecule has 0 fully saturated rings. The highest BCUT2D eigenvalue weighted by Gasteiger charge is 2.25. The molecule has 5 nitrogen and oxygen atoms in total. The van der Waals surface area contributed by atoms with Crippen LogP contribution in [0, 0.1) is 0 Å². The van der Waals surface area contributed by atoms with Crippen molar-refractivity contribution < 1.29 is 4.42 Å². The number of nitrogens with zero attached hydrogens (tertiary/aromatic N) is 4. The Labute approximate surface area is 337 Å². The summed E-state index contributed by atoms with van der Waals surface area (Å²) >= 11 is 0. The summed E-state index contributed by atoms with van der Waals surface area (Å²) < 4.78 is 11.5. The van der Waals surface area contributed by atoms with Crippen LogP contribution in [0.5, 0.6) is 0 Å². The van der Waals surface area contributed by atoms with Crippen molar-refractivity contribution in [3.05, 3.63) is 194 Å². The zero-order chi connectivity index (χ0) is 38.6. The number of aromatic nitrogens is 4. The van der Waals surface area contributed by atoms with Crippen LogP contribution in [0.25, 0.3) is 121 Å². The van der Waals surface area contributed by atoms with Crippen LogP contribution in [-0.2, 0) is 0 Å². The molecule has 0 N–H and O–H groups in total. The van der Waals surface area contributed by atoms with Gasteiger partial charge in [0.1, 0.15) is 11.2 Å². The van der Waals surface area contributed by atoms with Gasteiger partial charge >= 0.3 is 0 Å². The van der Waals surface area contributed by atoms with Crippen LogP contribution in [0.1, 0.15) is 0 Å². The molecule has 13 aromatic rings. The summed E-state index contributed by atoms with van der Waals surface area (Å²) in [5, 5.41) is 9.97. The minimum absolute atomic E-state index is 0.609. The Bertz CT molecular complexity index is 3850. The molecule has 274 valence electrons. The van der Waals surface area contributed by atoms with Gasteiger partial charge in [-0.15, -0.1) is 0 Å². The summed E-state index contributed by atoms with van der Waals surface area (Å²) in [5.74, 6) is 0.609. The van der Waals surface area contributed by atoms with E-state index in [1.54, 1.807) is 0 Å². The lowest BCUT2D eigenvalue weighted by Gasteiger charge is -2.13. The first-order valence-corrected chi connectivity index (χ1v) is 20.0. The fraction of sp³-hybridized carbons (Fsp3) is 0. The molecule has 0 spiro atoms. The number of rotatable bonds is 4. The van der Waals surface area contributed by atoms with Crippen LogP contribution in [-0.4, -0.2) is 19.1 Å². The summed E-state index contributed by atoms with van der Waals surface area (Å²) in [6.45, 7) is 0. The largest absolute Gasteiger partial charge is 0.455 e. The summed E-state index contributed by atoms with van der Waals surface area (Å²) in [4.78, 5) is 11.0. The number of benzene rings is 9. The first-order chi connectivity index (χ1) is 29.3. The fourth-order valence-corrected chi connectivity index (χ4v) is 9.48. The molecule has 4 heterocycles. The summed E-state index contributed by atoms with van der Waals surface area (Å²) in [5.41, 5.74) is 12.3. The Morgan fingerprint density at radius 1 is 0.390 bits per heavy atom. The van der Waals surface area contributed by atoms with Gasteiger partial charge in [-0.1, -0.05) is 133 Å². The van der Waals surface area contributed by atoms with E-state index in [4.69, 9.17) is 14.4 Å². The highest BCUT2D eigenvalue weighted by molar-refractivity contribution is 6.31. The zero-order valence-electron chi connectivity index (χ0n) is 31.7. The molecule has 0 aliphatic rings. The highest BCUT2D eigenvalue weighted by Crippen LogP contribution is 2.45. The molecule has 4 aromatic heterocycles. The second kappa shape index (κ2) is 12.2. The lowest BCUT2D eigenvalue weighted by molar-refractivity contribution is 0.673. The predicted octanol–water partition coefficient (Wildman–Crippen LogP) is 14.2. The lowest BCUT2D eigenvalue weighted by atomic mass is 10.0. The van der Waals surface area contributed by atoms with Crippen LogP contribution in [0.4, 0.5) is 0 Å². The van der Waals surface area contributed by atoms with Crippen molar-refractivity contribution >= 4 is 87.2 Å². The lowest BCUT2D eigenvalue weighted by Crippen LogP contribution is -2.03. The van der Waals surface area contributed by atoms with E-state index in [2.05, 4.69) is 197 Å². The Kier molecular flexibility index (Phi) is 6.66. The van der Waals surface area contributed by atoms with Gasteiger partial charge in [-0.3, -0.25) is 4.57 Å². The second-order valence-corrected chi connectivity index (χ2v) is 15.3. The van der Waals surface area contributed by atoms with Gasteiger partial charge in [0.25, 0.3) is 0 Å². The van der Waals surface area contributed by atoms with Crippen molar-refractivity contribution in [2.45, 2.75) is 0 Å². The number of furan rings is 1. The topological polar surface area (TPSA) is 48.8 Å². The van der Waals surface area contributed by atoms with Crippen LogP contribution in [0.2, 0.25) is 0 Å². The van der Waals surface area contributed by atoms with E-state index in [1.165, 1.54) is 21.9 Å². The van der Waals surface area contributed by atoms with Gasteiger partial charge in [0.15, 0.2) is 0 Å². The quantitative estimate of drug-likeness (QED) is 0.180. The SMILES string of the molecule is c1ccc(-c2cccc(-n3c4ccccc4c4c3ccc3c5c6oc7ccccc7c6ccc5n(-c5nc(-c6ccc7ccccc7c6)c6ccccc6n5)c34)c2)cc1. The van der Waals surface area contributed by atoms with Crippen molar-refractivity contribution in [2.24, 2.45) is 0 Å². The summed E-state index contributed by atoms with van der Waals surface area (Å²) in [7, 11) is 0. The molecule has 0 bridgehead atoms. The summed E-state index contributed by atoms with van der Waals surface area (Å²) in [6.07, 6.45) is 0. The molecule has 0 radical (unpaired) electrons. The molecule has 0 saturated heterocycles. The number of hydrogen-bond acceptors (Lipinski definition) is 3. The number of hydrogen-bond donors (Lipinski definition) is 0. The first kappa shape index (κ1) is 32.1. The molecular formula is C54H32N4O. The molecule has 0 atom stereocenters. The van der Waals surface area contributed by atoms with Gasteiger partial charge < -0.3 is 8.98 Å². The first-order valence-electron chi connectivity index (χ1n) is 20.0. The third kappa shape index (κ3) is 4.67. The molecular weight excluding hydrogens is 721 g/mol. The van der Waals surface area contributed by atoms with Gasteiger partial charge in [0.2, 0.25) is 5.95 Å². The Balaban J connectivity index is 1.19. The van der Waals surface area contributed by atoms with E-state index in [1.807, 2.05) is 6.07 Å². The monoisotopic (exact) mass is 752 g/mol. The van der Waals surface area contributed by atoms with Gasteiger partial charge in [0, 0.05) is 43.6 Å². The molecule has 9 aromatic carbocycles. The predicted molar refractivity (Wildman–Crippen MR) is 244 cm³/mol. The molecule has 13 rings (SSSR count). The zero-order valence-corrected chi connectivity index (χ0v) is 31.7. The number of para-hydroxylation sites is 3. The standard InChI is InChI=1S/C54H32N4O/c1-2-13-33(14-3-1)36-17-12-18-38(32-36)57-45-23-10-7-21-42(45)49-46(57)30-28-43-50-47(29-27-40-39-19-8-11-24-48(39)59-53(40)50)58(52(43)49)54-55-44-22-9-6-20-41(44)51(56-54)37-26-25-34-15-4-5-16-35(34)31-37/h1-32H. The van der Waals surface area contributed by atoms with Gasteiger partial charge in [-0.05, 0) is 82.6 Å². The van der Waals surface area contributed by atoms with Crippen molar-refractivity contribution in [1.82, 2.24) is 19.1 Å². The van der Waals surface area contributed by atoms with Crippen LogP contribution < -0.4 is 0 Å². The van der Waals surface area contributed by atoms with Gasteiger partial charge in [-0.25, -0.2) is 9.97 Å². The maximum Gasteiger partial charge on any atom is 0.235 e.